The van der Waals surface area contributed by atoms with Crippen molar-refractivity contribution in [1.29, 1.82) is 0 Å². The van der Waals surface area contributed by atoms with Gasteiger partial charge >= 0.3 is 5.97 Å². The highest BCUT2D eigenvalue weighted by Crippen LogP contribution is 2.07. The van der Waals surface area contributed by atoms with Crippen LogP contribution in [0.2, 0.25) is 0 Å². The molecule has 1 rings (SSSR count). The zero-order valence-electron chi connectivity index (χ0n) is 12.1. The Hall–Kier alpha value is -1.96. The third kappa shape index (κ3) is 5.50. The maximum absolute atomic E-state index is 12.1. The van der Waals surface area contributed by atoms with E-state index in [4.69, 9.17) is 5.11 Å². The van der Waals surface area contributed by atoms with E-state index in [1.807, 2.05) is 0 Å². The Kier molecular flexibility index (Phi) is 5.42. The van der Waals surface area contributed by atoms with Gasteiger partial charge in [0.05, 0.1) is 17.0 Å². The number of rotatable bonds is 6. The van der Waals surface area contributed by atoms with E-state index >= 15 is 0 Å². The second-order valence-electron chi connectivity index (χ2n) is 4.87. The number of hydrogen-bond acceptors (Lipinski definition) is 5. The van der Waals surface area contributed by atoms with E-state index in [0.717, 1.165) is 11.9 Å². The number of nitrogens with zero attached hydrogens (tertiary/aromatic N) is 1. The van der Waals surface area contributed by atoms with Gasteiger partial charge in [-0.2, -0.15) is 0 Å². The van der Waals surface area contributed by atoms with Crippen LogP contribution in [-0.2, 0) is 14.6 Å². The minimum atomic E-state index is -3.29. The Morgan fingerprint density at radius 2 is 1.95 bits per heavy atom. The number of amides is 1. The van der Waals surface area contributed by atoms with Crippen molar-refractivity contribution in [2.75, 3.05) is 12.0 Å². The number of hydrogen-bond donors (Lipinski definition) is 2. The van der Waals surface area contributed by atoms with Crippen molar-refractivity contribution in [3.05, 3.63) is 29.1 Å². The zero-order valence-corrected chi connectivity index (χ0v) is 12.9. The summed E-state index contributed by atoms with van der Waals surface area (Å²) in [6.45, 7) is 3.43. The molecule has 0 bridgehead atoms. The molecule has 0 aliphatic heterocycles. The van der Waals surface area contributed by atoms with E-state index < -0.39 is 27.8 Å². The molecule has 0 radical (unpaired) electrons. The summed E-state index contributed by atoms with van der Waals surface area (Å²) >= 11 is 0. The zero-order chi connectivity index (χ0) is 16.2. The van der Waals surface area contributed by atoms with Crippen LogP contribution >= 0.6 is 0 Å². The van der Waals surface area contributed by atoms with E-state index in [1.54, 1.807) is 26.0 Å². The third-order valence-electron chi connectivity index (χ3n) is 2.85. The number of sulfone groups is 1. The lowest BCUT2D eigenvalue weighted by molar-refractivity contribution is -0.139. The molecule has 7 nitrogen and oxygen atoms in total. The van der Waals surface area contributed by atoms with Gasteiger partial charge in [-0.1, -0.05) is 0 Å². The largest absolute Gasteiger partial charge is 0.480 e. The summed E-state index contributed by atoms with van der Waals surface area (Å²) in [7, 11) is -3.29. The van der Waals surface area contributed by atoms with Gasteiger partial charge in [-0.3, -0.25) is 9.78 Å². The van der Waals surface area contributed by atoms with Crippen LogP contribution in [0.1, 0.15) is 28.2 Å². The minimum absolute atomic E-state index is 0.182. The van der Waals surface area contributed by atoms with Gasteiger partial charge in [-0.15, -0.1) is 0 Å². The standard InChI is InChI=1S/C13H18N2O5S/c1-8-4-5-10(9(2)14-8)12(16)15-11(13(17)18)6-7-21(3,19)20/h4-5,11H,6-7H2,1-3H3,(H,15,16)(H,17,18). The number of nitrogens with one attached hydrogen (secondary N) is 1. The summed E-state index contributed by atoms with van der Waals surface area (Å²) in [4.78, 5) is 27.3. The number of carboxylic acids is 1. The Morgan fingerprint density at radius 1 is 1.33 bits per heavy atom. The van der Waals surface area contributed by atoms with Gasteiger partial charge in [-0.05, 0) is 32.4 Å². The van der Waals surface area contributed by atoms with Gasteiger partial charge in [0.2, 0.25) is 0 Å². The highest BCUT2D eigenvalue weighted by atomic mass is 32.2. The Labute approximate surface area is 123 Å². The van der Waals surface area contributed by atoms with Crippen molar-refractivity contribution >= 4 is 21.7 Å². The fourth-order valence-electron chi connectivity index (χ4n) is 1.75. The SMILES string of the molecule is Cc1ccc(C(=O)NC(CCS(C)(=O)=O)C(=O)O)c(C)n1. The molecule has 0 fully saturated rings. The van der Waals surface area contributed by atoms with Crippen LogP contribution in [0, 0.1) is 13.8 Å². The molecule has 0 aliphatic rings. The maximum atomic E-state index is 12.1. The summed E-state index contributed by atoms with van der Waals surface area (Å²) in [5, 5.41) is 11.4. The summed E-state index contributed by atoms with van der Waals surface area (Å²) < 4.78 is 22.2. The van der Waals surface area contributed by atoms with Gasteiger partial charge in [-0.25, -0.2) is 13.2 Å². The predicted octanol–water partition coefficient (Wildman–Crippen LogP) is 0.316. The first-order chi connectivity index (χ1) is 9.60. The summed E-state index contributed by atoms with van der Waals surface area (Å²) in [5.74, 6) is -2.17. The van der Waals surface area contributed by atoms with E-state index in [1.165, 1.54) is 0 Å². The van der Waals surface area contributed by atoms with Crippen molar-refractivity contribution in [2.45, 2.75) is 26.3 Å². The van der Waals surface area contributed by atoms with E-state index in [2.05, 4.69) is 10.3 Å². The van der Waals surface area contributed by atoms with Crippen LogP contribution in [0.5, 0.6) is 0 Å². The first kappa shape index (κ1) is 17.1. The van der Waals surface area contributed by atoms with Gasteiger partial charge in [0.25, 0.3) is 5.91 Å². The van der Waals surface area contributed by atoms with Gasteiger partial charge in [0.1, 0.15) is 15.9 Å². The van der Waals surface area contributed by atoms with E-state index in [0.29, 0.717) is 5.69 Å². The predicted molar refractivity (Wildman–Crippen MR) is 76.9 cm³/mol. The number of aryl methyl sites for hydroxylation is 2. The molecule has 0 aromatic carbocycles. The second-order valence-corrected chi connectivity index (χ2v) is 7.13. The quantitative estimate of drug-likeness (QED) is 0.781. The monoisotopic (exact) mass is 314 g/mol. The topological polar surface area (TPSA) is 113 Å². The number of carboxylic acid groups (broad SMARTS) is 1. The molecule has 1 unspecified atom stereocenters. The number of carbonyl (C=O) groups excluding carboxylic acids is 1. The maximum Gasteiger partial charge on any atom is 0.326 e. The molecule has 1 aromatic heterocycles. The van der Waals surface area contributed by atoms with Crippen molar-refractivity contribution in [3.8, 4) is 0 Å². The van der Waals surface area contributed by atoms with Crippen LogP contribution in [0.15, 0.2) is 12.1 Å². The second kappa shape index (κ2) is 6.66. The highest BCUT2D eigenvalue weighted by Gasteiger charge is 2.23. The van der Waals surface area contributed by atoms with Crippen LogP contribution < -0.4 is 5.32 Å². The van der Waals surface area contributed by atoms with Crippen LogP contribution in [-0.4, -0.2) is 48.4 Å². The minimum Gasteiger partial charge on any atom is -0.480 e. The molecule has 1 aromatic rings. The van der Waals surface area contributed by atoms with E-state index in [-0.39, 0.29) is 17.7 Å². The average Bonchev–Trinajstić information content (AvgIpc) is 2.32. The lowest BCUT2D eigenvalue weighted by Gasteiger charge is -2.15. The van der Waals surface area contributed by atoms with Crippen molar-refractivity contribution in [2.24, 2.45) is 0 Å². The highest BCUT2D eigenvalue weighted by molar-refractivity contribution is 7.90. The third-order valence-corrected chi connectivity index (χ3v) is 3.83. The molecule has 1 atom stereocenters. The molecule has 8 heteroatoms. The Balaban J connectivity index is 2.84. The normalized spacial score (nSPS) is 12.7. The van der Waals surface area contributed by atoms with Crippen molar-refractivity contribution < 1.29 is 23.1 Å². The molecule has 1 amide bonds. The van der Waals surface area contributed by atoms with Crippen molar-refractivity contribution in [1.82, 2.24) is 10.3 Å². The first-order valence-electron chi connectivity index (χ1n) is 6.26. The Bertz CT molecular complexity index is 655. The summed E-state index contributed by atoms with van der Waals surface area (Å²) in [5.41, 5.74) is 1.50. The van der Waals surface area contributed by atoms with Crippen LogP contribution in [0.3, 0.4) is 0 Å². The van der Waals surface area contributed by atoms with Crippen LogP contribution in [0.4, 0.5) is 0 Å². The van der Waals surface area contributed by atoms with Crippen molar-refractivity contribution in [3.63, 3.8) is 0 Å². The van der Waals surface area contributed by atoms with Gasteiger partial charge < -0.3 is 10.4 Å². The first-order valence-corrected chi connectivity index (χ1v) is 8.32. The molecule has 21 heavy (non-hydrogen) atoms. The molecule has 0 spiro atoms. The fraction of sp³-hybridized carbons (Fsp3) is 0.462. The molecule has 1 heterocycles. The average molecular weight is 314 g/mol. The van der Waals surface area contributed by atoms with Gasteiger partial charge in [0, 0.05) is 11.9 Å². The smallest absolute Gasteiger partial charge is 0.326 e. The van der Waals surface area contributed by atoms with Crippen LogP contribution in [0.25, 0.3) is 0 Å². The fourth-order valence-corrected chi connectivity index (χ4v) is 2.42. The summed E-state index contributed by atoms with van der Waals surface area (Å²) in [6, 6.07) is 1.95. The molecule has 116 valence electrons. The molecule has 2 N–H and O–H groups in total. The summed E-state index contributed by atoms with van der Waals surface area (Å²) in [6.07, 6.45) is 0.833. The molecule has 0 saturated carbocycles. The lowest BCUT2D eigenvalue weighted by atomic mass is 10.1. The number of aliphatic carboxylic acids is 1. The Morgan fingerprint density at radius 3 is 2.43 bits per heavy atom. The molecular weight excluding hydrogens is 296 g/mol. The lowest BCUT2D eigenvalue weighted by Crippen LogP contribution is -2.42. The molecule has 0 aliphatic carbocycles. The molecular formula is C13H18N2O5S. The van der Waals surface area contributed by atoms with E-state index in [9.17, 15) is 18.0 Å². The number of aromatic nitrogens is 1. The number of carbonyl (C=O) groups is 2. The molecule has 0 saturated heterocycles. The van der Waals surface area contributed by atoms with Gasteiger partial charge in [0.15, 0.2) is 0 Å². The number of pyridine rings is 1.